The summed E-state index contributed by atoms with van der Waals surface area (Å²) in [5.41, 5.74) is 3.15. The first-order valence-corrected chi connectivity index (χ1v) is 9.15. The third-order valence-corrected chi connectivity index (χ3v) is 4.30. The molecule has 2 heterocycles. The minimum Gasteiger partial charge on any atom is -0.444 e. The van der Waals surface area contributed by atoms with Gasteiger partial charge in [0.15, 0.2) is 0 Å². The van der Waals surface area contributed by atoms with Gasteiger partial charge in [-0.15, -0.1) is 0 Å². The normalized spacial score (nSPS) is 11.5. The maximum Gasteiger partial charge on any atom is 0.412 e. The number of halogens is 2. The third kappa shape index (κ3) is 4.39. The summed E-state index contributed by atoms with van der Waals surface area (Å²) in [5.74, 6) is -0.535. The molecule has 0 saturated carbocycles. The number of carbonyl (C=O) groups is 1. The molecule has 0 bridgehead atoms. The molecule has 7 heteroatoms. The van der Waals surface area contributed by atoms with Crippen LogP contribution < -0.4 is 5.32 Å². The molecule has 0 aliphatic rings. The third-order valence-electron chi connectivity index (χ3n) is 4.10. The summed E-state index contributed by atoms with van der Waals surface area (Å²) < 4.78 is 19.6. The smallest absolute Gasteiger partial charge is 0.412 e. The fourth-order valence-electron chi connectivity index (χ4n) is 2.88. The zero-order chi connectivity index (χ0) is 20.6. The van der Waals surface area contributed by atoms with Crippen LogP contribution >= 0.6 is 11.6 Å². The van der Waals surface area contributed by atoms with Crippen molar-refractivity contribution in [2.24, 2.45) is 0 Å². The second kappa shape index (κ2) is 7.36. The molecular weight excluding hydrogens is 381 g/mol. The lowest BCUT2D eigenvalue weighted by Crippen LogP contribution is -2.27. The lowest BCUT2D eigenvalue weighted by molar-refractivity contribution is 0.0635. The van der Waals surface area contributed by atoms with Crippen molar-refractivity contribution < 1.29 is 13.9 Å². The molecule has 3 aromatic rings. The number of amides is 1. The monoisotopic (exact) mass is 401 g/mol. The Kier molecular flexibility index (Phi) is 5.26. The van der Waals surface area contributed by atoms with Crippen molar-refractivity contribution in [3.63, 3.8) is 0 Å². The molecule has 0 saturated heterocycles. The van der Waals surface area contributed by atoms with Gasteiger partial charge in [-0.25, -0.2) is 14.2 Å². The molecule has 5 nitrogen and oxygen atoms in total. The SMILES string of the molecule is Cc1cc(F)c(NC(=O)OC(C)(C)C)cc1-c1cc2cnc(Cl)cc2nc1C. The van der Waals surface area contributed by atoms with Crippen LogP contribution in [-0.4, -0.2) is 21.7 Å². The zero-order valence-corrected chi connectivity index (χ0v) is 17.1. The highest BCUT2D eigenvalue weighted by Crippen LogP contribution is 2.32. The molecule has 2 aromatic heterocycles. The Balaban J connectivity index is 2.05. The van der Waals surface area contributed by atoms with Crippen molar-refractivity contribution >= 4 is 34.3 Å². The van der Waals surface area contributed by atoms with Gasteiger partial charge in [0, 0.05) is 28.9 Å². The quantitative estimate of drug-likeness (QED) is 0.530. The number of carbonyl (C=O) groups excluding carboxylic acids is 1. The fourth-order valence-corrected chi connectivity index (χ4v) is 3.04. The average Bonchev–Trinajstić information content (AvgIpc) is 2.55. The molecule has 28 heavy (non-hydrogen) atoms. The number of anilines is 1. The molecule has 0 aliphatic carbocycles. The van der Waals surface area contributed by atoms with Crippen LogP contribution in [0, 0.1) is 19.7 Å². The zero-order valence-electron chi connectivity index (χ0n) is 16.4. The first kappa shape index (κ1) is 20.0. The summed E-state index contributed by atoms with van der Waals surface area (Å²) >= 11 is 5.94. The first-order valence-electron chi connectivity index (χ1n) is 8.77. The summed E-state index contributed by atoms with van der Waals surface area (Å²) in [5, 5.41) is 3.67. The molecule has 0 atom stereocenters. The lowest BCUT2D eigenvalue weighted by Gasteiger charge is -2.20. The maximum absolute atomic E-state index is 14.4. The lowest BCUT2D eigenvalue weighted by atomic mass is 9.97. The summed E-state index contributed by atoms with van der Waals surface area (Å²) in [4.78, 5) is 20.7. The Morgan fingerprint density at radius 3 is 2.54 bits per heavy atom. The Labute approximate surface area is 167 Å². The average molecular weight is 402 g/mol. The van der Waals surface area contributed by atoms with Crippen molar-refractivity contribution in [2.45, 2.75) is 40.2 Å². The van der Waals surface area contributed by atoms with Gasteiger partial charge in [-0.3, -0.25) is 10.3 Å². The number of nitrogens with zero attached hydrogens (tertiary/aromatic N) is 2. The molecule has 1 amide bonds. The number of nitrogens with one attached hydrogen (secondary N) is 1. The highest BCUT2D eigenvalue weighted by molar-refractivity contribution is 6.30. The first-order chi connectivity index (χ1) is 13.0. The maximum atomic E-state index is 14.4. The van der Waals surface area contributed by atoms with Gasteiger partial charge in [-0.05, 0) is 63.9 Å². The van der Waals surface area contributed by atoms with Crippen LogP contribution in [0.25, 0.3) is 22.0 Å². The van der Waals surface area contributed by atoms with Gasteiger partial charge in [0.05, 0.1) is 11.2 Å². The van der Waals surface area contributed by atoms with E-state index in [2.05, 4.69) is 15.3 Å². The number of benzene rings is 1. The number of rotatable bonds is 2. The number of pyridine rings is 2. The molecule has 0 spiro atoms. The second-order valence-electron chi connectivity index (χ2n) is 7.59. The highest BCUT2D eigenvalue weighted by Gasteiger charge is 2.19. The van der Waals surface area contributed by atoms with Crippen molar-refractivity contribution in [2.75, 3.05) is 5.32 Å². The van der Waals surface area contributed by atoms with E-state index in [1.54, 1.807) is 46.0 Å². The van der Waals surface area contributed by atoms with E-state index in [0.717, 1.165) is 33.3 Å². The molecule has 3 rings (SSSR count). The van der Waals surface area contributed by atoms with Crippen LogP contribution in [0.15, 0.2) is 30.5 Å². The van der Waals surface area contributed by atoms with E-state index >= 15 is 0 Å². The van der Waals surface area contributed by atoms with Crippen LogP contribution in [0.1, 0.15) is 32.0 Å². The fraction of sp³-hybridized carbons (Fsp3) is 0.286. The molecule has 146 valence electrons. The summed E-state index contributed by atoms with van der Waals surface area (Å²) in [6.07, 6.45) is 0.931. The number of ether oxygens (including phenoxy) is 1. The predicted octanol–water partition coefficient (Wildman–Crippen LogP) is 6.05. The molecule has 0 unspecified atom stereocenters. The van der Waals surface area contributed by atoms with E-state index in [-0.39, 0.29) is 5.69 Å². The molecule has 0 aliphatic heterocycles. The van der Waals surface area contributed by atoms with Crippen LogP contribution in [-0.2, 0) is 4.74 Å². The van der Waals surface area contributed by atoms with Gasteiger partial charge in [0.2, 0.25) is 0 Å². The van der Waals surface area contributed by atoms with E-state index in [9.17, 15) is 9.18 Å². The molecule has 1 N–H and O–H groups in total. The number of hydrogen-bond acceptors (Lipinski definition) is 4. The van der Waals surface area contributed by atoms with Crippen LogP contribution in [0.5, 0.6) is 0 Å². The molecule has 0 fully saturated rings. The summed E-state index contributed by atoms with van der Waals surface area (Å²) in [6.45, 7) is 8.90. The van der Waals surface area contributed by atoms with E-state index in [1.165, 1.54) is 6.07 Å². The Morgan fingerprint density at radius 2 is 1.86 bits per heavy atom. The van der Waals surface area contributed by atoms with Gasteiger partial charge in [-0.1, -0.05) is 11.6 Å². The van der Waals surface area contributed by atoms with E-state index < -0.39 is 17.5 Å². The van der Waals surface area contributed by atoms with Crippen molar-refractivity contribution in [3.8, 4) is 11.1 Å². The number of hydrogen-bond donors (Lipinski definition) is 1. The minimum absolute atomic E-state index is 0.0450. The van der Waals surface area contributed by atoms with E-state index in [1.807, 2.05) is 13.0 Å². The number of aryl methyl sites for hydroxylation is 2. The Bertz CT molecular complexity index is 1080. The van der Waals surface area contributed by atoms with Gasteiger partial charge in [-0.2, -0.15) is 0 Å². The van der Waals surface area contributed by atoms with Crippen molar-refractivity contribution in [1.82, 2.24) is 9.97 Å². The highest BCUT2D eigenvalue weighted by atomic mass is 35.5. The van der Waals surface area contributed by atoms with Gasteiger partial charge in [0.25, 0.3) is 0 Å². The Hall–Kier alpha value is -2.73. The van der Waals surface area contributed by atoms with Gasteiger partial charge >= 0.3 is 6.09 Å². The molecular formula is C21H21ClFN3O2. The van der Waals surface area contributed by atoms with Gasteiger partial charge in [0.1, 0.15) is 16.6 Å². The van der Waals surface area contributed by atoms with Crippen LogP contribution in [0.2, 0.25) is 5.15 Å². The number of fused-ring (bicyclic) bond motifs is 1. The largest absolute Gasteiger partial charge is 0.444 e. The molecule has 1 aromatic carbocycles. The van der Waals surface area contributed by atoms with Gasteiger partial charge < -0.3 is 4.74 Å². The van der Waals surface area contributed by atoms with Crippen molar-refractivity contribution in [3.05, 3.63) is 52.7 Å². The van der Waals surface area contributed by atoms with Crippen molar-refractivity contribution in [1.29, 1.82) is 0 Å². The minimum atomic E-state index is -0.714. The van der Waals surface area contributed by atoms with Crippen LogP contribution in [0.4, 0.5) is 14.9 Å². The second-order valence-corrected chi connectivity index (χ2v) is 7.98. The van der Waals surface area contributed by atoms with E-state index in [0.29, 0.717) is 5.15 Å². The predicted molar refractivity (Wildman–Crippen MR) is 109 cm³/mol. The Morgan fingerprint density at radius 1 is 1.14 bits per heavy atom. The van der Waals surface area contributed by atoms with Crippen LogP contribution in [0.3, 0.4) is 0 Å². The molecule has 0 radical (unpaired) electrons. The number of aromatic nitrogens is 2. The summed E-state index contributed by atoms with van der Waals surface area (Å²) in [7, 11) is 0. The topological polar surface area (TPSA) is 64.1 Å². The standard InChI is InChI=1S/C21H21ClFN3O2/c1-11-6-16(23)18(26-20(27)28-21(3,4)5)8-14(11)15-7-13-10-24-19(22)9-17(13)25-12(15)2/h6-10H,1-5H3,(H,26,27). The summed E-state index contributed by atoms with van der Waals surface area (Å²) in [6, 6.07) is 6.60. The van der Waals surface area contributed by atoms with E-state index in [4.69, 9.17) is 16.3 Å².